The molecule has 10 atom stereocenters. The zero-order chi connectivity index (χ0) is 39.3. The van der Waals surface area contributed by atoms with Crippen LogP contribution in [0.4, 0.5) is 4.39 Å². The van der Waals surface area contributed by atoms with Gasteiger partial charge in [-0.1, -0.05) is 58.9 Å². The molecular formula is C44H68FN3O5S. The van der Waals surface area contributed by atoms with Crippen molar-refractivity contribution in [2.24, 2.45) is 56.7 Å². The van der Waals surface area contributed by atoms with E-state index in [4.69, 9.17) is 0 Å². The molecule has 1 amide bonds. The highest BCUT2D eigenvalue weighted by atomic mass is 32.2. The number of halogens is 1. The minimum Gasteiger partial charge on any atom is -0.481 e. The number of hydrogen-bond acceptors (Lipinski definition) is 5. The summed E-state index contributed by atoms with van der Waals surface area (Å²) in [7, 11) is -3.25. The van der Waals surface area contributed by atoms with Crippen LogP contribution >= 0.6 is 0 Å². The van der Waals surface area contributed by atoms with Gasteiger partial charge in [0.05, 0.1) is 18.2 Å². The van der Waals surface area contributed by atoms with Crippen molar-refractivity contribution in [3.05, 3.63) is 35.5 Å². The van der Waals surface area contributed by atoms with Crippen LogP contribution in [0.5, 0.6) is 0 Å². The highest BCUT2D eigenvalue weighted by Crippen LogP contribution is 2.76. The molecule has 0 spiro atoms. The van der Waals surface area contributed by atoms with Crippen molar-refractivity contribution in [3.8, 4) is 0 Å². The van der Waals surface area contributed by atoms with E-state index in [1.54, 1.807) is 0 Å². The lowest BCUT2D eigenvalue weighted by Crippen LogP contribution is -2.68. The summed E-state index contributed by atoms with van der Waals surface area (Å²) in [6, 6.07) is 0. The monoisotopic (exact) mass is 769 g/mol. The summed E-state index contributed by atoms with van der Waals surface area (Å²) in [5.74, 6) is 1.57. The van der Waals surface area contributed by atoms with E-state index in [1.165, 1.54) is 53.0 Å². The lowest BCUT2D eigenvalue weighted by atomic mass is 9.33. The van der Waals surface area contributed by atoms with E-state index in [0.717, 1.165) is 32.1 Å². The van der Waals surface area contributed by atoms with Gasteiger partial charge in [-0.2, -0.15) is 4.31 Å². The SMILES string of the molecule is C=C(C)[C@@H]1CC[C@]2(NCC(=O)N3CCN(S(C)(=O)=O)CC3)CC[C@]3(C)[C@H](CC[C@@H]4[C@@]5(C)CC=C(C6=CC[C@](CF)(C(=O)O)CC6)C(C)(C)[C@@H]5CC[C@]43C)[C@@H]12. The number of amides is 1. The van der Waals surface area contributed by atoms with Gasteiger partial charge in [0.15, 0.2) is 0 Å². The normalized spacial score (nSPS) is 43.5. The number of alkyl halides is 1. The number of nitrogens with zero attached hydrogens (tertiary/aromatic N) is 2. The molecule has 0 bridgehead atoms. The van der Waals surface area contributed by atoms with E-state index in [1.807, 2.05) is 4.90 Å². The van der Waals surface area contributed by atoms with E-state index in [2.05, 4.69) is 65.6 Å². The highest BCUT2D eigenvalue weighted by molar-refractivity contribution is 7.88. The smallest absolute Gasteiger partial charge is 0.312 e. The number of nitrogens with one attached hydrogen (secondary N) is 1. The fraction of sp³-hybridized carbons (Fsp3) is 0.818. The molecule has 302 valence electrons. The molecule has 2 N–H and O–H groups in total. The third-order valence-corrected chi connectivity index (χ3v) is 19.3. The standard InChI is InChI=1S/C44H68FN3O5S/c1-29(2)31-13-20-44(46-27-36(49)47-23-25-48(26-24-47)54(8,52)53)22-21-41(6)33(37(31)44)9-10-35-40(5)16-14-32(39(3,4)34(40)15-17-42(35,41)7)30-11-18-43(28-45,19-12-30)38(50)51/h11,14,31,33-35,37,46H,1,9-10,12-13,15-28H2,2-8H3,(H,50,51)/t31-,33+,34-,35+,37+,40-,41+,42+,43-,44-/m0/s1. The average molecular weight is 770 g/mol. The predicted octanol–water partition coefficient (Wildman–Crippen LogP) is 7.78. The van der Waals surface area contributed by atoms with Gasteiger partial charge in [-0.05, 0) is 146 Å². The summed E-state index contributed by atoms with van der Waals surface area (Å²) in [6.45, 7) is 20.6. The van der Waals surface area contributed by atoms with Gasteiger partial charge >= 0.3 is 5.97 Å². The van der Waals surface area contributed by atoms with Crippen LogP contribution in [0.3, 0.4) is 0 Å². The fourth-order valence-electron chi connectivity index (χ4n) is 14.8. The first-order valence-corrected chi connectivity index (χ1v) is 22.9. The zero-order valence-corrected chi connectivity index (χ0v) is 35.1. The minimum atomic E-state index is -3.25. The maximum Gasteiger partial charge on any atom is 0.312 e. The number of hydrogen-bond donors (Lipinski definition) is 2. The van der Waals surface area contributed by atoms with Gasteiger partial charge in [-0.15, -0.1) is 0 Å². The summed E-state index contributed by atoms with van der Waals surface area (Å²) >= 11 is 0. The summed E-state index contributed by atoms with van der Waals surface area (Å²) in [5.41, 5.74) is 2.96. The number of aliphatic carboxylic acids is 1. The Morgan fingerprint density at radius 1 is 0.907 bits per heavy atom. The number of carbonyl (C=O) groups is 2. The zero-order valence-electron chi connectivity index (χ0n) is 34.2. The first-order chi connectivity index (χ1) is 25.2. The van der Waals surface area contributed by atoms with Crippen molar-refractivity contribution in [1.82, 2.24) is 14.5 Å². The molecule has 7 aliphatic rings. The Kier molecular flexibility index (Phi) is 10.1. The topological polar surface area (TPSA) is 107 Å². The third kappa shape index (κ3) is 5.94. The Morgan fingerprint density at radius 2 is 1.61 bits per heavy atom. The third-order valence-electron chi connectivity index (χ3n) is 18.0. The molecule has 0 radical (unpaired) electrons. The summed E-state index contributed by atoms with van der Waals surface area (Å²) < 4.78 is 39.6. The number of carbonyl (C=O) groups excluding carboxylic acids is 1. The number of fused-ring (bicyclic) bond motifs is 7. The Hall–Kier alpha value is -2.04. The van der Waals surface area contributed by atoms with E-state index in [-0.39, 0.29) is 39.5 Å². The first-order valence-electron chi connectivity index (χ1n) is 21.0. The number of carboxylic acid groups (broad SMARTS) is 1. The Balaban J connectivity index is 1.12. The maximum absolute atomic E-state index is 14.0. The van der Waals surface area contributed by atoms with Crippen LogP contribution in [0.15, 0.2) is 35.5 Å². The second kappa shape index (κ2) is 13.5. The molecule has 8 nitrogen and oxygen atoms in total. The van der Waals surface area contributed by atoms with Gasteiger partial charge in [0, 0.05) is 31.7 Å². The molecule has 7 rings (SSSR count). The lowest BCUT2D eigenvalue weighted by Gasteiger charge is -2.72. The summed E-state index contributed by atoms with van der Waals surface area (Å²) in [4.78, 5) is 27.5. The molecule has 0 aromatic heterocycles. The van der Waals surface area contributed by atoms with Gasteiger partial charge in [0.1, 0.15) is 6.67 Å². The molecule has 10 heteroatoms. The van der Waals surface area contributed by atoms with Gasteiger partial charge in [0.25, 0.3) is 0 Å². The molecule has 0 unspecified atom stereocenters. The molecule has 5 fully saturated rings. The van der Waals surface area contributed by atoms with Crippen molar-refractivity contribution in [3.63, 3.8) is 0 Å². The predicted molar refractivity (Wildman–Crippen MR) is 212 cm³/mol. The molecule has 0 aromatic rings. The van der Waals surface area contributed by atoms with Crippen LogP contribution in [0.25, 0.3) is 0 Å². The second-order valence-electron chi connectivity index (χ2n) is 20.4. The molecule has 6 aliphatic carbocycles. The number of sulfonamides is 1. The van der Waals surface area contributed by atoms with E-state index >= 15 is 0 Å². The minimum absolute atomic E-state index is 0.0526. The summed E-state index contributed by atoms with van der Waals surface area (Å²) in [5, 5.41) is 13.8. The molecule has 1 heterocycles. The lowest BCUT2D eigenvalue weighted by molar-refractivity contribution is -0.221. The summed E-state index contributed by atoms with van der Waals surface area (Å²) in [6.07, 6.45) is 17.3. The quantitative estimate of drug-likeness (QED) is 0.245. The molecule has 0 aromatic carbocycles. The van der Waals surface area contributed by atoms with Crippen molar-refractivity contribution < 1.29 is 27.5 Å². The molecular weight excluding hydrogens is 702 g/mol. The largest absolute Gasteiger partial charge is 0.481 e. The number of rotatable bonds is 8. The van der Waals surface area contributed by atoms with Crippen LogP contribution in [0.1, 0.15) is 119 Å². The van der Waals surface area contributed by atoms with E-state index in [9.17, 15) is 27.5 Å². The van der Waals surface area contributed by atoms with Crippen molar-refractivity contribution >= 4 is 21.9 Å². The maximum atomic E-state index is 14.0. The van der Waals surface area contributed by atoms with E-state index in [0.29, 0.717) is 75.2 Å². The van der Waals surface area contributed by atoms with Crippen LogP contribution in [-0.4, -0.2) is 85.8 Å². The highest BCUT2D eigenvalue weighted by Gasteiger charge is 2.70. The van der Waals surface area contributed by atoms with Crippen molar-refractivity contribution in [2.75, 3.05) is 45.7 Å². The van der Waals surface area contributed by atoms with Gasteiger partial charge in [0.2, 0.25) is 15.9 Å². The van der Waals surface area contributed by atoms with Gasteiger partial charge in [-0.25, -0.2) is 12.8 Å². The molecule has 1 saturated heterocycles. The fourth-order valence-corrected chi connectivity index (χ4v) is 15.6. The Labute approximate surface area is 324 Å². The molecule has 1 aliphatic heterocycles. The van der Waals surface area contributed by atoms with Crippen LogP contribution in [-0.2, 0) is 19.6 Å². The van der Waals surface area contributed by atoms with Gasteiger partial charge in [-0.3, -0.25) is 9.59 Å². The van der Waals surface area contributed by atoms with E-state index < -0.39 is 28.1 Å². The van der Waals surface area contributed by atoms with Crippen molar-refractivity contribution in [2.45, 2.75) is 124 Å². The molecule has 4 saturated carbocycles. The van der Waals surface area contributed by atoms with Gasteiger partial charge < -0.3 is 15.3 Å². The van der Waals surface area contributed by atoms with Crippen LogP contribution in [0.2, 0.25) is 0 Å². The Bertz CT molecular complexity index is 1730. The average Bonchev–Trinajstić information content (AvgIpc) is 3.51. The Morgan fingerprint density at radius 3 is 2.20 bits per heavy atom. The van der Waals surface area contributed by atoms with Crippen LogP contribution in [0, 0.1) is 56.7 Å². The second-order valence-corrected chi connectivity index (χ2v) is 22.4. The van der Waals surface area contributed by atoms with Crippen LogP contribution < -0.4 is 5.32 Å². The van der Waals surface area contributed by atoms with Crippen molar-refractivity contribution in [1.29, 1.82) is 0 Å². The molecule has 54 heavy (non-hydrogen) atoms. The number of allylic oxidation sites excluding steroid dienone is 5. The first kappa shape index (κ1) is 40.2. The number of carboxylic acids is 1. The number of piperazine rings is 1.